The normalized spacial score (nSPS) is 31.3. The van der Waals surface area contributed by atoms with Crippen LogP contribution >= 0.6 is 11.8 Å². The smallest absolute Gasteiger partial charge is 0.0284 e. The molecule has 3 heteroatoms. The van der Waals surface area contributed by atoms with Crippen molar-refractivity contribution in [2.75, 3.05) is 25.9 Å². The molecule has 0 radical (unpaired) electrons. The van der Waals surface area contributed by atoms with Gasteiger partial charge in [0.1, 0.15) is 0 Å². The molecule has 1 N–H and O–H groups in total. The van der Waals surface area contributed by atoms with Crippen LogP contribution < -0.4 is 5.32 Å². The molecule has 0 amide bonds. The molecule has 0 aromatic carbocycles. The molecular formula is C15H30N2S. The van der Waals surface area contributed by atoms with Crippen molar-refractivity contribution in [3.05, 3.63) is 0 Å². The Morgan fingerprint density at radius 3 is 2.44 bits per heavy atom. The second kappa shape index (κ2) is 5.34. The summed E-state index contributed by atoms with van der Waals surface area (Å²) in [6.07, 6.45) is 6.58. The first-order valence-corrected chi connectivity index (χ1v) is 8.64. The summed E-state index contributed by atoms with van der Waals surface area (Å²) in [7, 11) is 0. The van der Waals surface area contributed by atoms with E-state index in [4.69, 9.17) is 0 Å². The molecular weight excluding hydrogens is 240 g/mol. The van der Waals surface area contributed by atoms with E-state index in [0.717, 1.165) is 12.5 Å². The van der Waals surface area contributed by atoms with E-state index in [1.54, 1.807) is 0 Å². The third-order valence-corrected chi connectivity index (χ3v) is 6.22. The molecule has 0 aromatic heterocycles. The Morgan fingerprint density at radius 1 is 1.33 bits per heavy atom. The summed E-state index contributed by atoms with van der Waals surface area (Å²) in [5.74, 6) is 0.743. The minimum Gasteiger partial charge on any atom is -0.309 e. The fraction of sp³-hybridized carbons (Fsp3) is 1.00. The molecule has 1 saturated heterocycles. The van der Waals surface area contributed by atoms with Gasteiger partial charge in [-0.2, -0.15) is 11.8 Å². The third-order valence-electron chi connectivity index (χ3n) is 4.82. The second-order valence-corrected chi connectivity index (χ2v) is 8.50. The highest BCUT2D eigenvalue weighted by Gasteiger charge is 2.42. The van der Waals surface area contributed by atoms with Gasteiger partial charge in [0.2, 0.25) is 0 Å². The summed E-state index contributed by atoms with van der Waals surface area (Å²) in [5, 5.41) is 3.71. The number of nitrogens with zero attached hydrogens (tertiary/aromatic N) is 1. The van der Waals surface area contributed by atoms with E-state index < -0.39 is 0 Å². The zero-order valence-electron chi connectivity index (χ0n) is 12.8. The van der Waals surface area contributed by atoms with Crippen molar-refractivity contribution in [1.82, 2.24) is 10.2 Å². The molecule has 2 rings (SSSR count). The van der Waals surface area contributed by atoms with Gasteiger partial charge >= 0.3 is 0 Å². The lowest BCUT2D eigenvalue weighted by Gasteiger charge is -2.52. The van der Waals surface area contributed by atoms with Crippen LogP contribution in [-0.2, 0) is 0 Å². The fourth-order valence-electron chi connectivity index (χ4n) is 3.39. The van der Waals surface area contributed by atoms with Gasteiger partial charge in [-0.05, 0) is 38.9 Å². The highest BCUT2D eigenvalue weighted by atomic mass is 32.2. The molecule has 2 fully saturated rings. The van der Waals surface area contributed by atoms with Crippen LogP contribution in [-0.4, -0.2) is 47.1 Å². The standard InChI is InChI=1S/C15H30N2S/c1-12(2)13-9-16-14(3,4)10-17(13)11-15(18-5)7-6-8-15/h12-13,16H,6-11H2,1-5H3. The summed E-state index contributed by atoms with van der Waals surface area (Å²) in [6.45, 7) is 13.0. The summed E-state index contributed by atoms with van der Waals surface area (Å²) in [4.78, 5) is 2.77. The first-order chi connectivity index (χ1) is 8.37. The molecule has 1 aliphatic carbocycles. The first-order valence-electron chi connectivity index (χ1n) is 7.42. The summed E-state index contributed by atoms with van der Waals surface area (Å²) in [5.41, 5.74) is 0.273. The predicted octanol–water partition coefficient (Wildman–Crippen LogP) is 2.98. The van der Waals surface area contributed by atoms with Gasteiger partial charge in [-0.3, -0.25) is 4.90 Å². The van der Waals surface area contributed by atoms with Crippen LogP contribution in [0, 0.1) is 5.92 Å². The molecule has 1 atom stereocenters. The number of piperazine rings is 1. The van der Waals surface area contributed by atoms with Gasteiger partial charge in [0.15, 0.2) is 0 Å². The maximum Gasteiger partial charge on any atom is 0.0284 e. The minimum atomic E-state index is 0.273. The largest absolute Gasteiger partial charge is 0.309 e. The van der Waals surface area contributed by atoms with Gasteiger partial charge in [-0.15, -0.1) is 0 Å². The summed E-state index contributed by atoms with van der Waals surface area (Å²) < 4.78 is 0.570. The first kappa shape index (κ1) is 14.7. The van der Waals surface area contributed by atoms with Crippen molar-refractivity contribution >= 4 is 11.8 Å². The number of nitrogens with one attached hydrogen (secondary N) is 1. The van der Waals surface area contributed by atoms with Crippen molar-refractivity contribution in [1.29, 1.82) is 0 Å². The summed E-state index contributed by atoms with van der Waals surface area (Å²) >= 11 is 2.10. The molecule has 1 saturated carbocycles. The molecule has 0 spiro atoms. The van der Waals surface area contributed by atoms with Gasteiger partial charge in [0, 0.05) is 36.0 Å². The minimum absolute atomic E-state index is 0.273. The van der Waals surface area contributed by atoms with Crippen LogP contribution in [0.4, 0.5) is 0 Å². The Hall–Kier alpha value is 0.270. The Morgan fingerprint density at radius 2 is 2.00 bits per heavy atom. The molecule has 0 bridgehead atoms. The number of hydrogen-bond acceptors (Lipinski definition) is 3. The van der Waals surface area contributed by atoms with Gasteiger partial charge in [0.05, 0.1) is 0 Å². The Balaban J connectivity index is 2.05. The predicted molar refractivity (Wildman–Crippen MR) is 82.4 cm³/mol. The maximum absolute atomic E-state index is 3.71. The van der Waals surface area contributed by atoms with Crippen molar-refractivity contribution in [3.8, 4) is 0 Å². The average molecular weight is 270 g/mol. The van der Waals surface area contributed by atoms with Crippen LogP contribution in [0.5, 0.6) is 0 Å². The van der Waals surface area contributed by atoms with E-state index in [-0.39, 0.29) is 5.54 Å². The molecule has 0 aromatic rings. The number of rotatable bonds is 4. The zero-order chi connectivity index (χ0) is 13.4. The van der Waals surface area contributed by atoms with Crippen LogP contribution in [0.1, 0.15) is 47.0 Å². The van der Waals surface area contributed by atoms with E-state index in [9.17, 15) is 0 Å². The van der Waals surface area contributed by atoms with Gasteiger partial charge in [-0.25, -0.2) is 0 Å². The second-order valence-electron chi connectivity index (χ2n) is 7.22. The van der Waals surface area contributed by atoms with E-state index >= 15 is 0 Å². The van der Waals surface area contributed by atoms with E-state index in [1.165, 1.54) is 32.4 Å². The van der Waals surface area contributed by atoms with Crippen LogP contribution in [0.25, 0.3) is 0 Å². The maximum atomic E-state index is 3.71. The molecule has 2 aliphatic rings. The molecule has 18 heavy (non-hydrogen) atoms. The van der Waals surface area contributed by atoms with E-state index in [1.807, 2.05) is 0 Å². The molecule has 2 nitrogen and oxygen atoms in total. The van der Waals surface area contributed by atoms with Crippen LogP contribution in [0.3, 0.4) is 0 Å². The molecule has 1 aliphatic heterocycles. The Labute approximate surface area is 117 Å². The highest BCUT2D eigenvalue weighted by Crippen LogP contribution is 2.44. The van der Waals surface area contributed by atoms with Gasteiger partial charge in [0.25, 0.3) is 0 Å². The van der Waals surface area contributed by atoms with Crippen LogP contribution in [0.15, 0.2) is 0 Å². The zero-order valence-corrected chi connectivity index (χ0v) is 13.6. The lowest BCUT2D eigenvalue weighted by atomic mass is 9.82. The van der Waals surface area contributed by atoms with Gasteiger partial charge in [-0.1, -0.05) is 20.3 Å². The molecule has 1 unspecified atom stereocenters. The van der Waals surface area contributed by atoms with Gasteiger partial charge < -0.3 is 5.32 Å². The monoisotopic (exact) mass is 270 g/mol. The third kappa shape index (κ3) is 3.05. The van der Waals surface area contributed by atoms with Crippen molar-refractivity contribution < 1.29 is 0 Å². The lowest BCUT2D eigenvalue weighted by Crippen LogP contribution is -2.65. The average Bonchev–Trinajstić information content (AvgIpc) is 2.21. The SMILES string of the molecule is CSC1(CN2CC(C)(C)NCC2C(C)C)CCC1. The number of thioether (sulfide) groups is 1. The Bertz CT molecular complexity index is 279. The van der Waals surface area contributed by atoms with Crippen molar-refractivity contribution in [3.63, 3.8) is 0 Å². The quantitative estimate of drug-likeness (QED) is 0.845. The Kier molecular flexibility index (Phi) is 4.35. The topological polar surface area (TPSA) is 15.3 Å². The van der Waals surface area contributed by atoms with E-state index in [2.05, 4.69) is 55.9 Å². The molecule has 106 valence electrons. The van der Waals surface area contributed by atoms with Crippen LogP contribution in [0.2, 0.25) is 0 Å². The lowest BCUT2D eigenvalue weighted by molar-refractivity contribution is 0.0506. The van der Waals surface area contributed by atoms with Crippen molar-refractivity contribution in [2.24, 2.45) is 5.92 Å². The van der Waals surface area contributed by atoms with E-state index in [0.29, 0.717) is 10.8 Å². The highest BCUT2D eigenvalue weighted by molar-refractivity contribution is 8.00. The molecule has 1 heterocycles. The number of hydrogen-bond donors (Lipinski definition) is 1. The summed E-state index contributed by atoms with van der Waals surface area (Å²) in [6, 6.07) is 0.711. The van der Waals surface area contributed by atoms with Crippen molar-refractivity contribution in [2.45, 2.75) is 63.3 Å². The fourth-order valence-corrected chi connectivity index (χ4v) is 4.38.